The average molecular weight is 347 g/mol. The molecule has 0 aliphatic carbocycles. The molecule has 0 fully saturated rings. The van der Waals surface area contributed by atoms with Gasteiger partial charge in [-0.25, -0.2) is 0 Å². The van der Waals surface area contributed by atoms with Gasteiger partial charge in [-0.2, -0.15) is 4.68 Å². The van der Waals surface area contributed by atoms with Crippen LogP contribution in [0.5, 0.6) is 0 Å². The predicted molar refractivity (Wildman–Crippen MR) is 91.2 cm³/mol. The molecule has 24 heavy (non-hydrogen) atoms. The Kier molecular flexibility index (Phi) is 4.85. The Balaban J connectivity index is 1.50. The van der Waals surface area contributed by atoms with E-state index < -0.39 is 4.92 Å². The Labute approximate surface area is 142 Å². The number of fused-ring (bicyclic) bond motifs is 1. The summed E-state index contributed by atoms with van der Waals surface area (Å²) in [6.07, 6.45) is 4.86. The summed E-state index contributed by atoms with van der Waals surface area (Å²) in [5.41, 5.74) is 1.86. The molecular formula is C15H15ClN6O2. The van der Waals surface area contributed by atoms with Crippen molar-refractivity contribution in [3.63, 3.8) is 0 Å². The van der Waals surface area contributed by atoms with Gasteiger partial charge in [0.1, 0.15) is 0 Å². The Hall–Kier alpha value is -2.74. The molecule has 0 saturated carbocycles. The summed E-state index contributed by atoms with van der Waals surface area (Å²) in [5.74, 6) is -0.366. The molecule has 0 atom stereocenters. The van der Waals surface area contributed by atoms with E-state index in [0.29, 0.717) is 11.6 Å². The van der Waals surface area contributed by atoms with Crippen molar-refractivity contribution in [2.45, 2.75) is 19.4 Å². The summed E-state index contributed by atoms with van der Waals surface area (Å²) in [6, 6.07) is 7.55. The molecule has 3 rings (SSSR count). The van der Waals surface area contributed by atoms with Crippen LogP contribution in [0.4, 0.5) is 11.6 Å². The summed E-state index contributed by atoms with van der Waals surface area (Å²) in [4.78, 5) is 17.8. The van der Waals surface area contributed by atoms with Crippen LogP contribution in [0, 0.1) is 10.1 Å². The first-order chi connectivity index (χ1) is 11.6. The fraction of sp³-hybridized carbons (Fsp3) is 0.267. The van der Waals surface area contributed by atoms with Crippen LogP contribution in [0.2, 0.25) is 5.02 Å². The number of benzene rings is 1. The lowest BCUT2D eigenvalue weighted by molar-refractivity contribution is -0.394. The highest BCUT2D eigenvalue weighted by molar-refractivity contribution is 6.31. The van der Waals surface area contributed by atoms with Crippen molar-refractivity contribution in [3.8, 4) is 0 Å². The maximum Gasteiger partial charge on any atom is 0.490 e. The number of aryl methyl sites for hydroxylation is 1. The monoisotopic (exact) mass is 346 g/mol. The number of aromatic nitrogens is 4. The number of pyridine rings is 1. The fourth-order valence-corrected chi connectivity index (χ4v) is 2.54. The van der Waals surface area contributed by atoms with E-state index in [4.69, 9.17) is 11.6 Å². The zero-order chi connectivity index (χ0) is 16.9. The zero-order valence-corrected chi connectivity index (χ0v) is 13.5. The summed E-state index contributed by atoms with van der Waals surface area (Å²) in [6.45, 7) is 1.37. The SMILES string of the molecule is O=[N+]([O-])c1ncn(CCCCNc2ccnc3cc(Cl)ccc23)n1. The van der Waals surface area contributed by atoms with Crippen LogP contribution in [0.25, 0.3) is 10.9 Å². The van der Waals surface area contributed by atoms with Gasteiger partial charge in [-0.15, -0.1) is 0 Å². The fourth-order valence-electron chi connectivity index (χ4n) is 2.37. The lowest BCUT2D eigenvalue weighted by Gasteiger charge is -2.09. The van der Waals surface area contributed by atoms with Crippen LogP contribution in [0.1, 0.15) is 12.8 Å². The quantitative estimate of drug-likeness (QED) is 0.400. The molecule has 0 amide bonds. The molecule has 1 aromatic carbocycles. The van der Waals surface area contributed by atoms with Gasteiger partial charge in [0.25, 0.3) is 0 Å². The van der Waals surface area contributed by atoms with Crippen molar-refractivity contribution < 1.29 is 4.92 Å². The Morgan fingerprint density at radius 1 is 1.25 bits per heavy atom. The molecule has 0 bridgehead atoms. The van der Waals surface area contributed by atoms with Gasteiger partial charge in [-0.05, 0) is 42.0 Å². The van der Waals surface area contributed by atoms with Crippen LogP contribution < -0.4 is 5.32 Å². The molecule has 2 heterocycles. The average Bonchev–Trinajstić information content (AvgIpc) is 3.03. The molecule has 9 heteroatoms. The number of halogens is 1. The van der Waals surface area contributed by atoms with Crippen molar-refractivity contribution >= 4 is 34.1 Å². The number of anilines is 1. The molecular weight excluding hydrogens is 332 g/mol. The lowest BCUT2D eigenvalue weighted by atomic mass is 10.2. The number of hydrogen-bond acceptors (Lipinski definition) is 6. The van der Waals surface area contributed by atoms with Crippen molar-refractivity contribution in [3.05, 3.63) is 51.9 Å². The van der Waals surface area contributed by atoms with Gasteiger partial charge in [0, 0.05) is 33.9 Å². The Morgan fingerprint density at radius 2 is 2.12 bits per heavy atom. The van der Waals surface area contributed by atoms with Gasteiger partial charge in [0.05, 0.1) is 12.1 Å². The van der Waals surface area contributed by atoms with E-state index in [0.717, 1.165) is 36.0 Å². The number of nitrogens with one attached hydrogen (secondary N) is 1. The summed E-state index contributed by atoms with van der Waals surface area (Å²) in [7, 11) is 0. The second-order valence-corrected chi connectivity index (χ2v) is 5.66. The molecule has 0 unspecified atom stereocenters. The first-order valence-corrected chi connectivity index (χ1v) is 7.83. The van der Waals surface area contributed by atoms with Crippen molar-refractivity contribution in [2.24, 2.45) is 0 Å². The van der Waals surface area contributed by atoms with Crippen LogP contribution in [0.3, 0.4) is 0 Å². The molecule has 124 valence electrons. The normalized spacial score (nSPS) is 10.9. The lowest BCUT2D eigenvalue weighted by Crippen LogP contribution is -2.05. The van der Waals surface area contributed by atoms with Crippen LogP contribution in [-0.4, -0.2) is 31.2 Å². The van der Waals surface area contributed by atoms with E-state index in [1.807, 2.05) is 24.3 Å². The molecule has 2 aromatic heterocycles. The molecule has 0 saturated heterocycles. The first kappa shape index (κ1) is 16.1. The van der Waals surface area contributed by atoms with Crippen molar-refractivity contribution in [1.29, 1.82) is 0 Å². The second-order valence-electron chi connectivity index (χ2n) is 5.22. The molecule has 0 radical (unpaired) electrons. The van der Waals surface area contributed by atoms with Crippen molar-refractivity contribution in [1.82, 2.24) is 19.7 Å². The van der Waals surface area contributed by atoms with Crippen LogP contribution >= 0.6 is 11.6 Å². The molecule has 8 nitrogen and oxygen atoms in total. The highest BCUT2D eigenvalue weighted by Gasteiger charge is 2.12. The largest absolute Gasteiger partial charge is 0.490 e. The molecule has 3 aromatic rings. The van der Waals surface area contributed by atoms with Gasteiger partial charge in [-0.1, -0.05) is 16.6 Å². The number of rotatable bonds is 7. The third-order valence-electron chi connectivity index (χ3n) is 3.52. The molecule has 0 aliphatic heterocycles. The Bertz CT molecular complexity index is 866. The minimum Gasteiger partial charge on any atom is -0.390 e. The molecule has 0 aliphatic rings. The second kappa shape index (κ2) is 7.22. The first-order valence-electron chi connectivity index (χ1n) is 7.45. The van der Waals surface area contributed by atoms with E-state index in [1.54, 1.807) is 6.20 Å². The third-order valence-corrected chi connectivity index (χ3v) is 3.76. The van der Waals surface area contributed by atoms with E-state index >= 15 is 0 Å². The number of unbranched alkanes of at least 4 members (excludes halogenated alkanes) is 1. The van der Waals surface area contributed by atoms with Crippen LogP contribution in [0.15, 0.2) is 36.8 Å². The number of nitrogens with zero attached hydrogens (tertiary/aromatic N) is 5. The minimum atomic E-state index is -0.598. The van der Waals surface area contributed by atoms with E-state index in [-0.39, 0.29) is 5.95 Å². The zero-order valence-electron chi connectivity index (χ0n) is 12.7. The van der Waals surface area contributed by atoms with Gasteiger partial charge in [0.2, 0.25) is 6.33 Å². The van der Waals surface area contributed by atoms with Gasteiger partial charge < -0.3 is 15.4 Å². The summed E-state index contributed by atoms with van der Waals surface area (Å²) >= 11 is 5.98. The Morgan fingerprint density at radius 3 is 2.92 bits per heavy atom. The maximum atomic E-state index is 10.5. The van der Waals surface area contributed by atoms with Crippen LogP contribution in [-0.2, 0) is 6.54 Å². The topological polar surface area (TPSA) is 98.8 Å². The van der Waals surface area contributed by atoms with E-state index in [9.17, 15) is 10.1 Å². The highest BCUT2D eigenvalue weighted by Crippen LogP contribution is 2.24. The smallest absolute Gasteiger partial charge is 0.390 e. The molecule has 0 spiro atoms. The highest BCUT2D eigenvalue weighted by atomic mass is 35.5. The van der Waals surface area contributed by atoms with E-state index in [1.165, 1.54) is 11.0 Å². The third kappa shape index (κ3) is 3.77. The summed E-state index contributed by atoms with van der Waals surface area (Å²) < 4.78 is 1.49. The summed E-state index contributed by atoms with van der Waals surface area (Å²) in [5, 5.41) is 19.4. The standard InChI is InChI=1S/C15H15ClN6O2/c16-11-3-4-12-13(5-7-18-14(12)9-11)17-6-1-2-8-21-10-19-15(20-21)22(23)24/h3-5,7,9-10H,1-2,6,8H2,(H,17,18). The van der Waals surface area contributed by atoms with Crippen molar-refractivity contribution in [2.75, 3.05) is 11.9 Å². The maximum absolute atomic E-state index is 10.5. The number of nitro groups is 1. The van der Waals surface area contributed by atoms with Gasteiger partial charge >= 0.3 is 5.95 Å². The number of hydrogen-bond donors (Lipinski definition) is 1. The predicted octanol–water partition coefficient (Wildman–Crippen LogP) is 3.28. The molecule has 1 N–H and O–H groups in total. The van der Waals surface area contributed by atoms with E-state index in [2.05, 4.69) is 20.4 Å². The minimum absolute atomic E-state index is 0.366. The van der Waals surface area contributed by atoms with Gasteiger partial charge in [0.15, 0.2) is 0 Å². The van der Waals surface area contributed by atoms with Gasteiger partial charge in [-0.3, -0.25) is 4.98 Å².